The first kappa shape index (κ1) is 21.3. The van der Waals surface area contributed by atoms with Gasteiger partial charge in [-0.05, 0) is 31.5 Å². The van der Waals surface area contributed by atoms with Crippen LogP contribution in [0.3, 0.4) is 0 Å². The molecule has 29 heavy (non-hydrogen) atoms. The van der Waals surface area contributed by atoms with E-state index in [-0.39, 0.29) is 11.9 Å². The van der Waals surface area contributed by atoms with Crippen molar-refractivity contribution in [1.82, 2.24) is 25.0 Å². The SMILES string of the molecule is CCOc1ccc(CN2CCc3nnc([C@H](C)NC(=O)CCOC)n3CC2)cc1. The van der Waals surface area contributed by atoms with E-state index in [2.05, 4.69) is 37.1 Å². The molecule has 2 heterocycles. The van der Waals surface area contributed by atoms with E-state index >= 15 is 0 Å². The van der Waals surface area contributed by atoms with E-state index in [1.165, 1.54) is 5.56 Å². The Hall–Kier alpha value is -2.45. The summed E-state index contributed by atoms with van der Waals surface area (Å²) in [5.41, 5.74) is 1.27. The number of fused-ring (bicyclic) bond motifs is 1. The number of carbonyl (C=O) groups is 1. The monoisotopic (exact) mass is 401 g/mol. The third-order valence-electron chi connectivity index (χ3n) is 5.09. The number of carbonyl (C=O) groups excluding carboxylic acids is 1. The zero-order chi connectivity index (χ0) is 20.6. The van der Waals surface area contributed by atoms with Crippen molar-refractivity contribution in [3.8, 4) is 5.75 Å². The molecule has 1 amide bonds. The molecule has 0 saturated carbocycles. The van der Waals surface area contributed by atoms with Gasteiger partial charge in [-0.2, -0.15) is 0 Å². The normalized spacial score (nSPS) is 15.4. The molecule has 0 saturated heterocycles. The Kier molecular flexibility index (Phi) is 7.60. The molecule has 8 nitrogen and oxygen atoms in total. The molecule has 1 aromatic carbocycles. The molecule has 158 valence electrons. The molecule has 0 unspecified atom stereocenters. The Balaban J connectivity index is 1.58. The molecule has 0 aliphatic carbocycles. The number of amides is 1. The van der Waals surface area contributed by atoms with E-state index in [1.54, 1.807) is 7.11 Å². The van der Waals surface area contributed by atoms with E-state index in [0.29, 0.717) is 19.6 Å². The predicted octanol–water partition coefficient (Wildman–Crippen LogP) is 1.95. The number of nitrogens with zero attached hydrogens (tertiary/aromatic N) is 4. The van der Waals surface area contributed by atoms with Crippen LogP contribution in [0.5, 0.6) is 5.75 Å². The lowest BCUT2D eigenvalue weighted by Gasteiger charge is -2.20. The van der Waals surface area contributed by atoms with Gasteiger partial charge >= 0.3 is 0 Å². The summed E-state index contributed by atoms with van der Waals surface area (Å²) in [6, 6.07) is 8.12. The van der Waals surface area contributed by atoms with Gasteiger partial charge in [0.1, 0.15) is 11.6 Å². The fourth-order valence-corrected chi connectivity index (χ4v) is 3.56. The van der Waals surface area contributed by atoms with E-state index in [1.807, 2.05) is 26.0 Å². The van der Waals surface area contributed by atoms with Gasteiger partial charge in [-0.25, -0.2) is 0 Å². The van der Waals surface area contributed by atoms with E-state index in [0.717, 1.165) is 50.0 Å². The summed E-state index contributed by atoms with van der Waals surface area (Å²) < 4.78 is 12.6. The number of hydrogen-bond donors (Lipinski definition) is 1. The molecule has 0 bridgehead atoms. The van der Waals surface area contributed by atoms with E-state index in [4.69, 9.17) is 9.47 Å². The highest BCUT2D eigenvalue weighted by atomic mass is 16.5. The summed E-state index contributed by atoms with van der Waals surface area (Å²) in [5.74, 6) is 2.66. The molecule has 1 N–H and O–H groups in total. The maximum atomic E-state index is 12.0. The standard InChI is InChI=1S/C21H31N5O3/c1-4-29-18-7-5-17(6-8-18)15-25-11-9-19-23-24-21(26(19)13-12-25)16(2)22-20(27)10-14-28-3/h5-8,16H,4,9-15H2,1-3H3,(H,22,27)/t16-/m0/s1. The zero-order valence-electron chi connectivity index (χ0n) is 17.6. The second-order valence-electron chi connectivity index (χ2n) is 7.26. The summed E-state index contributed by atoms with van der Waals surface area (Å²) in [5, 5.41) is 11.7. The number of methoxy groups -OCH3 is 1. The van der Waals surface area contributed by atoms with E-state index in [9.17, 15) is 4.79 Å². The number of nitrogens with one attached hydrogen (secondary N) is 1. The van der Waals surface area contributed by atoms with Crippen molar-refractivity contribution in [1.29, 1.82) is 0 Å². The van der Waals surface area contributed by atoms with Crippen molar-refractivity contribution in [2.75, 3.05) is 33.4 Å². The molecular formula is C21H31N5O3. The Bertz CT molecular complexity index is 790. The van der Waals surface area contributed by atoms with Crippen molar-refractivity contribution < 1.29 is 14.3 Å². The van der Waals surface area contributed by atoms with Crippen molar-refractivity contribution in [2.24, 2.45) is 0 Å². The maximum absolute atomic E-state index is 12.0. The molecule has 2 aromatic rings. The van der Waals surface area contributed by atoms with Gasteiger partial charge in [0.2, 0.25) is 5.91 Å². The first-order chi connectivity index (χ1) is 14.1. The predicted molar refractivity (Wildman–Crippen MR) is 110 cm³/mol. The van der Waals surface area contributed by atoms with Crippen LogP contribution < -0.4 is 10.1 Å². The van der Waals surface area contributed by atoms with Gasteiger partial charge in [0.25, 0.3) is 0 Å². The van der Waals surface area contributed by atoms with Gasteiger partial charge in [-0.15, -0.1) is 10.2 Å². The van der Waals surface area contributed by atoms with Crippen LogP contribution in [0.15, 0.2) is 24.3 Å². The third kappa shape index (κ3) is 5.77. The average Bonchev–Trinajstić information content (AvgIpc) is 3.03. The second-order valence-corrected chi connectivity index (χ2v) is 7.26. The fourth-order valence-electron chi connectivity index (χ4n) is 3.56. The molecule has 1 aliphatic heterocycles. The molecule has 0 radical (unpaired) electrons. The number of benzene rings is 1. The molecular weight excluding hydrogens is 370 g/mol. The Morgan fingerprint density at radius 1 is 1.21 bits per heavy atom. The lowest BCUT2D eigenvalue weighted by Crippen LogP contribution is -2.30. The Morgan fingerprint density at radius 3 is 2.72 bits per heavy atom. The average molecular weight is 402 g/mol. The van der Waals surface area contributed by atoms with Crippen LogP contribution in [0.25, 0.3) is 0 Å². The largest absolute Gasteiger partial charge is 0.494 e. The van der Waals surface area contributed by atoms with Crippen LogP contribution in [-0.4, -0.2) is 59.0 Å². The molecule has 0 spiro atoms. The van der Waals surface area contributed by atoms with Gasteiger partial charge in [0.05, 0.1) is 19.3 Å². The first-order valence-corrected chi connectivity index (χ1v) is 10.2. The van der Waals surface area contributed by atoms with Gasteiger partial charge in [0.15, 0.2) is 5.82 Å². The number of rotatable bonds is 9. The molecule has 8 heteroatoms. The summed E-state index contributed by atoms with van der Waals surface area (Å²) in [4.78, 5) is 14.4. The molecule has 1 aliphatic rings. The molecule has 0 fully saturated rings. The van der Waals surface area contributed by atoms with Gasteiger partial charge in [-0.3, -0.25) is 9.69 Å². The van der Waals surface area contributed by atoms with Crippen LogP contribution in [0.2, 0.25) is 0 Å². The first-order valence-electron chi connectivity index (χ1n) is 10.2. The zero-order valence-corrected chi connectivity index (χ0v) is 17.6. The summed E-state index contributed by atoms with van der Waals surface area (Å²) >= 11 is 0. The maximum Gasteiger partial charge on any atom is 0.222 e. The van der Waals surface area contributed by atoms with Crippen LogP contribution in [-0.2, 0) is 29.0 Å². The minimum atomic E-state index is -0.182. The second kappa shape index (κ2) is 10.4. The van der Waals surface area contributed by atoms with Crippen molar-refractivity contribution in [3.05, 3.63) is 41.5 Å². The molecule has 1 atom stereocenters. The van der Waals surface area contributed by atoms with Gasteiger partial charge < -0.3 is 19.4 Å². The lowest BCUT2D eigenvalue weighted by molar-refractivity contribution is -0.122. The Morgan fingerprint density at radius 2 is 2.00 bits per heavy atom. The van der Waals surface area contributed by atoms with Crippen LogP contribution in [0.1, 0.15) is 43.5 Å². The van der Waals surface area contributed by atoms with Crippen molar-refractivity contribution >= 4 is 5.91 Å². The number of hydrogen-bond acceptors (Lipinski definition) is 6. The Labute approximate surface area is 172 Å². The molecule has 3 rings (SSSR count). The van der Waals surface area contributed by atoms with Crippen LogP contribution in [0, 0.1) is 0 Å². The highest BCUT2D eigenvalue weighted by molar-refractivity contribution is 5.76. The number of aromatic nitrogens is 3. The topological polar surface area (TPSA) is 81.5 Å². The van der Waals surface area contributed by atoms with E-state index < -0.39 is 0 Å². The van der Waals surface area contributed by atoms with Crippen LogP contribution in [0.4, 0.5) is 0 Å². The summed E-state index contributed by atoms with van der Waals surface area (Å²) in [6.45, 7) is 8.58. The van der Waals surface area contributed by atoms with Gasteiger partial charge in [-0.1, -0.05) is 12.1 Å². The summed E-state index contributed by atoms with van der Waals surface area (Å²) in [7, 11) is 1.59. The minimum Gasteiger partial charge on any atom is -0.494 e. The van der Waals surface area contributed by atoms with Crippen LogP contribution >= 0.6 is 0 Å². The quantitative estimate of drug-likeness (QED) is 0.692. The smallest absolute Gasteiger partial charge is 0.222 e. The minimum absolute atomic E-state index is 0.0394. The van der Waals surface area contributed by atoms with Crippen molar-refractivity contribution in [3.63, 3.8) is 0 Å². The van der Waals surface area contributed by atoms with Crippen molar-refractivity contribution in [2.45, 2.75) is 45.8 Å². The summed E-state index contributed by atoms with van der Waals surface area (Å²) in [6.07, 6.45) is 1.19. The fraction of sp³-hybridized carbons (Fsp3) is 0.571. The van der Waals surface area contributed by atoms with Gasteiger partial charge in [0, 0.05) is 46.1 Å². The highest BCUT2D eigenvalue weighted by Gasteiger charge is 2.22. The third-order valence-corrected chi connectivity index (χ3v) is 5.09. The highest BCUT2D eigenvalue weighted by Crippen LogP contribution is 2.18. The lowest BCUT2D eigenvalue weighted by atomic mass is 10.2. The number of ether oxygens (including phenoxy) is 2. The molecule has 1 aromatic heterocycles.